The maximum Gasteiger partial charge on any atom is -0.0312 e. The van der Waals surface area contributed by atoms with Gasteiger partial charge in [0, 0.05) is 0 Å². The molecule has 20 atom stereocenters. The molecule has 11 aliphatic rings. The highest BCUT2D eigenvalue weighted by Gasteiger charge is 2.90. The molecule has 0 aromatic carbocycles. The third-order valence-corrected chi connectivity index (χ3v) is 14.5. The zero-order valence-corrected chi connectivity index (χ0v) is 14.4. The van der Waals surface area contributed by atoms with Gasteiger partial charge in [-0.2, -0.15) is 0 Å². The summed E-state index contributed by atoms with van der Waals surface area (Å²) in [6.45, 7) is 0. The zero-order valence-electron chi connectivity index (χ0n) is 14.4. The average Bonchev–Trinajstić information content (AvgIpc) is 2.48. The Balaban J connectivity index is 1.25. The van der Waals surface area contributed by atoms with Crippen LogP contribution in [0.1, 0.15) is 25.7 Å². The summed E-state index contributed by atoms with van der Waals surface area (Å²) in [6, 6.07) is 0. The van der Waals surface area contributed by atoms with E-state index in [1.807, 2.05) is 0 Å². The fraction of sp³-hybridized carbons (Fsp3) is 1.00. The van der Waals surface area contributed by atoms with Crippen LogP contribution in [0.15, 0.2) is 0 Å². The summed E-state index contributed by atoms with van der Waals surface area (Å²) in [5.74, 6) is 25.8. The van der Waals surface area contributed by atoms with Crippen LogP contribution in [0.4, 0.5) is 0 Å². The predicted molar refractivity (Wildman–Crippen MR) is 88.3 cm³/mol. The Morgan fingerprint density at radius 1 is 0.250 bits per heavy atom. The molecule has 0 saturated heterocycles. The van der Waals surface area contributed by atoms with Gasteiger partial charge < -0.3 is 0 Å². The maximum atomic E-state index is 1.74. The summed E-state index contributed by atoms with van der Waals surface area (Å²) >= 11 is 0. The number of rotatable bonds is 0. The van der Waals surface area contributed by atoms with Gasteiger partial charge >= 0.3 is 0 Å². The molecule has 0 spiro atoms. The van der Waals surface area contributed by atoms with E-state index in [2.05, 4.69) is 0 Å². The van der Waals surface area contributed by atoms with E-state index in [0.29, 0.717) is 0 Å². The van der Waals surface area contributed by atoms with Crippen LogP contribution in [-0.2, 0) is 0 Å². The molecule has 0 aliphatic heterocycles. The van der Waals surface area contributed by atoms with Gasteiger partial charge in [0.2, 0.25) is 0 Å². The molecule has 24 heavy (non-hydrogen) atoms. The van der Waals surface area contributed by atoms with E-state index in [4.69, 9.17) is 0 Å². The van der Waals surface area contributed by atoms with Crippen molar-refractivity contribution in [2.75, 3.05) is 0 Å². The Morgan fingerprint density at radius 2 is 0.583 bits per heavy atom. The molecule has 0 heteroatoms. The quantitative estimate of drug-likeness (QED) is 0.633. The number of hydrogen-bond acceptors (Lipinski definition) is 0. The normalized spacial score (nSPS) is 94.0. The number of fused-ring (bicyclic) bond motifs is 8. The molecular formula is C24H28. The summed E-state index contributed by atoms with van der Waals surface area (Å²) in [7, 11) is 0. The molecule has 11 rings (SSSR count). The van der Waals surface area contributed by atoms with Crippen molar-refractivity contribution >= 4 is 0 Å². The Hall–Kier alpha value is 0. The van der Waals surface area contributed by atoms with E-state index in [0.717, 1.165) is 0 Å². The molecule has 0 heterocycles. The van der Waals surface area contributed by atoms with Gasteiger partial charge in [-0.3, -0.25) is 0 Å². The Labute approximate surface area is 144 Å². The van der Waals surface area contributed by atoms with E-state index >= 15 is 0 Å². The van der Waals surface area contributed by atoms with Crippen molar-refractivity contribution in [3.63, 3.8) is 0 Å². The molecular weight excluding hydrogens is 288 g/mol. The van der Waals surface area contributed by atoms with Gasteiger partial charge in [-0.1, -0.05) is 0 Å². The van der Waals surface area contributed by atoms with Crippen LogP contribution in [0, 0.1) is 118 Å². The van der Waals surface area contributed by atoms with Crippen molar-refractivity contribution in [2.45, 2.75) is 25.7 Å². The molecule has 0 bridgehead atoms. The molecule has 11 aliphatic carbocycles. The first-order valence-corrected chi connectivity index (χ1v) is 11.9. The standard InChI is InChI=1S/C24H28/c1-2-6-5(1)13-15-9-3-7-8-4-10-12(8)18-17(11(7)9)23-21(15)19(13)20-14(6)16(10)22(20)24(18)23/h5-24H,1-4H2. The van der Waals surface area contributed by atoms with Crippen molar-refractivity contribution in [1.29, 1.82) is 0 Å². The first-order valence-electron chi connectivity index (χ1n) is 11.9. The van der Waals surface area contributed by atoms with Crippen LogP contribution in [0.5, 0.6) is 0 Å². The van der Waals surface area contributed by atoms with E-state index in [9.17, 15) is 0 Å². The second kappa shape index (κ2) is 2.72. The van der Waals surface area contributed by atoms with Gasteiger partial charge in [-0.25, -0.2) is 0 Å². The highest BCUT2D eigenvalue weighted by Crippen LogP contribution is 2.94. The highest BCUT2D eigenvalue weighted by molar-refractivity contribution is 5.37. The Bertz CT molecular complexity index is 663. The molecule has 0 aromatic rings. The minimum absolute atomic E-state index is 1.26. The van der Waals surface area contributed by atoms with Gasteiger partial charge in [0.1, 0.15) is 0 Å². The van der Waals surface area contributed by atoms with Crippen LogP contribution in [-0.4, -0.2) is 0 Å². The minimum atomic E-state index is 1.26. The van der Waals surface area contributed by atoms with Gasteiger partial charge in [0.15, 0.2) is 0 Å². The summed E-state index contributed by atoms with van der Waals surface area (Å²) in [5, 5.41) is 0. The van der Waals surface area contributed by atoms with E-state index in [1.54, 1.807) is 25.7 Å². The average molecular weight is 316 g/mol. The summed E-state index contributed by atoms with van der Waals surface area (Å²) in [5.41, 5.74) is 0. The fourth-order valence-corrected chi connectivity index (χ4v) is 14.9. The molecule has 20 unspecified atom stereocenters. The van der Waals surface area contributed by atoms with E-state index in [1.165, 1.54) is 118 Å². The first-order chi connectivity index (χ1) is 11.9. The molecule has 124 valence electrons. The second-order valence-corrected chi connectivity index (χ2v) is 13.1. The molecule has 11 fully saturated rings. The van der Waals surface area contributed by atoms with Crippen molar-refractivity contribution in [2.24, 2.45) is 118 Å². The van der Waals surface area contributed by atoms with Crippen molar-refractivity contribution < 1.29 is 0 Å². The van der Waals surface area contributed by atoms with Crippen molar-refractivity contribution in [3.05, 3.63) is 0 Å². The lowest BCUT2D eigenvalue weighted by Crippen LogP contribution is -2.90. The Kier molecular flexibility index (Phi) is 1.24. The predicted octanol–water partition coefficient (Wildman–Crippen LogP) is 4.02. The van der Waals surface area contributed by atoms with Crippen LogP contribution >= 0.6 is 0 Å². The Morgan fingerprint density at radius 3 is 1.00 bits per heavy atom. The summed E-state index contributed by atoms with van der Waals surface area (Å²) < 4.78 is 0. The van der Waals surface area contributed by atoms with Crippen molar-refractivity contribution in [1.82, 2.24) is 0 Å². The maximum absolute atomic E-state index is 1.74. The van der Waals surface area contributed by atoms with Gasteiger partial charge in [0.05, 0.1) is 0 Å². The van der Waals surface area contributed by atoms with Gasteiger partial charge in [-0.15, -0.1) is 0 Å². The lowest BCUT2D eigenvalue weighted by Gasteiger charge is -2.94. The topological polar surface area (TPSA) is 0 Å². The van der Waals surface area contributed by atoms with E-state index in [-0.39, 0.29) is 0 Å². The van der Waals surface area contributed by atoms with Crippen molar-refractivity contribution in [3.8, 4) is 0 Å². The smallest absolute Gasteiger partial charge is 0.0312 e. The fourth-order valence-electron chi connectivity index (χ4n) is 14.9. The zero-order chi connectivity index (χ0) is 14.4. The molecule has 0 amide bonds. The van der Waals surface area contributed by atoms with Gasteiger partial charge in [-0.05, 0) is 144 Å². The molecule has 0 aromatic heterocycles. The van der Waals surface area contributed by atoms with Crippen LogP contribution < -0.4 is 0 Å². The van der Waals surface area contributed by atoms with Crippen LogP contribution in [0.2, 0.25) is 0 Å². The van der Waals surface area contributed by atoms with Crippen LogP contribution in [0.3, 0.4) is 0 Å². The molecule has 0 radical (unpaired) electrons. The third kappa shape index (κ3) is 0.663. The molecule has 0 nitrogen and oxygen atoms in total. The minimum Gasteiger partial charge on any atom is -0.0496 e. The van der Waals surface area contributed by atoms with E-state index < -0.39 is 0 Å². The van der Waals surface area contributed by atoms with Crippen LogP contribution in [0.25, 0.3) is 0 Å². The first kappa shape index (κ1) is 11.0. The van der Waals surface area contributed by atoms with Gasteiger partial charge in [0.25, 0.3) is 0 Å². The third-order valence-electron chi connectivity index (χ3n) is 14.5. The lowest BCUT2D eigenvalue weighted by molar-refractivity contribution is -0.475. The second-order valence-electron chi connectivity index (χ2n) is 13.1. The molecule has 11 saturated carbocycles. The highest BCUT2D eigenvalue weighted by atomic mass is 14.9. The number of hydrogen-bond donors (Lipinski definition) is 0. The monoisotopic (exact) mass is 316 g/mol. The summed E-state index contributed by atoms with van der Waals surface area (Å²) in [4.78, 5) is 0. The SMILES string of the molecule is C1CC2C1C1C3C4CC5C6CC7C6C6C(C54)C4C3C1C1C2C7C1C64. The lowest BCUT2D eigenvalue weighted by atomic mass is 9.10. The molecule has 0 N–H and O–H groups in total. The largest absolute Gasteiger partial charge is 0.0496 e. The summed E-state index contributed by atoms with van der Waals surface area (Å²) in [6.07, 6.45) is 6.83.